The molecule has 1 N–H and O–H groups in total. The van der Waals surface area contributed by atoms with Crippen molar-refractivity contribution in [2.45, 2.75) is 58.0 Å². The van der Waals surface area contributed by atoms with Crippen molar-refractivity contribution in [2.24, 2.45) is 0 Å². The SMILES string of the molecule is CCCCC(COC)NC(=O)c1cnn(C2CCOCC2)c1C. The topological polar surface area (TPSA) is 65.4 Å². The van der Waals surface area contributed by atoms with Crippen molar-refractivity contribution in [3.8, 4) is 0 Å². The Kier molecular flexibility index (Phi) is 7.05. The normalized spacial score (nSPS) is 17.2. The summed E-state index contributed by atoms with van der Waals surface area (Å²) in [6.07, 6.45) is 6.71. The van der Waals surface area contributed by atoms with Crippen LogP contribution in [0.1, 0.15) is 61.1 Å². The molecule has 6 nitrogen and oxygen atoms in total. The molecule has 1 saturated heterocycles. The smallest absolute Gasteiger partial charge is 0.255 e. The van der Waals surface area contributed by atoms with E-state index in [9.17, 15) is 4.79 Å². The largest absolute Gasteiger partial charge is 0.383 e. The summed E-state index contributed by atoms with van der Waals surface area (Å²) in [7, 11) is 1.67. The van der Waals surface area contributed by atoms with Gasteiger partial charge in [0.25, 0.3) is 5.91 Å². The number of ether oxygens (including phenoxy) is 2. The first-order valence-corrected chi connectivity index (χ1v) is 8.59. The first-order chi connectivity index (χ1) is 11.2. The maximum atomic E-state index is 12.6. The van der Waals surface area contributed by atoms with Crippen LogP contribution in [0.15, 0.2) is 6.20 Å². The van der Waals surface area contributed by atoms with Gasteiger partial charge in [-0.2, -0.15) is 5.10 Å². The highest BCUT2D eigenvalue weighted by atomic mass is 16.5. The maximum Gasteiger partial charge on any atom is 0.255 e. The molecule has 1 fully saturated rings. The van der Waals surface area contributed by atoms with Gasteiger partial charge < -0.3 is 14.8 Å². The Morgan fingerprint density at radius 1 is 1.52 bits per heavy atom. The Balaban J connectivity index is 2.02. The summed E-state index contributed by atoms with van der Waals surface area (Å²) >= 11 is 0. The minimum absolute atomic E-state index is 0.0540. The van der Waals surface area contributed by atoms with Gasteiger partial charge in [-0.05, 0) is 26.2 Å². The van der Waals surface area contributed by atoms with Crippen molar-refractivity contribution in [2.75, 3.05) is 26.9 Å². The number of hydrogen-bond acceptors (Lipinski definition) is 4. The molecule has 130 valence electrons. The third kappa shape index (κ3) is 4.78. The van der Waals surface area contributed by atoms with Crippen LogP contribution in [0, 0.1) is 6.92 Å². The second-order valence-electron chi connectivity index (χ2n) is 6.20. The predicted molar refractivity (Wildman–Crippen MR) is 88.7 cm³/mol. The minimum Gasteiger partial charge on any atom is -0.383 e. The van der Waals surface area contributed by atoms with Crippen LogP contribution < -0.4 is 5.32 Å². The van der Waals surface area contributed by atoms with Gasteiger partial charge in [-0.15, -0.1) is 0 Å². The molecule has 23 heavy (non-hydrogen) atoms. The molecule has 0 spiro atoms. The lowest BCUT2D eigenvalue weighted by Crippen LogP contribution is -2.38. The molecule has 1 aliphatic heterocycles. The number of hydrogen-bond donors (Lipinski definition) is 1. The maximum absolute atomic E-state index is 12.6. The summed E-state index contributed by atoms with van der Waals surface area (Å²) < 4.78 is 12.6. The predicted octanol–water partition coefficient (Wildman–Crippen LogP) is 2.48. The van der Waals surface area contributed by atoms with Crippen LogP contribution in [0.3, 0.4) is 0 Å². The Hall–Kier alpha value is -1.40. The molecule has 1 amide bonds. The van der Waals surface area contributed by atoms with Gasteiger partial charge >= 0.3 is 0 Å². The quantitative estimate of drug-likeness (QED) is 0.798. The molecule has 2 rings (SSSR count). The van der Waals surface area contributed by atoms with Gasteiger partial charge in [-0.25, -0.2) is 0 Å². The van der Waals surface area contributed by atoms with Crippen LogP contribution in [-0.2, 0) is 9.47 Å². The second-order valence-corrected chi connectivity index (χ2v) is 6.20. The van der Waals surface area contributed by atoms with Gasteiger partial charge in [-0.3, -0.25) is 9.48 Å². The van der Waals surface area contributed by atoms with E-state index in [0.717, 1.165) is 51.0 Å². The van der Waals surface area contributed by atoms with Gasteiger partial charge in [0.05, 0.1) is 30.5 Å². The molecule has 0 aromatic carbocycles. The van der Waals surface area contributed by atoms with Crippen LogP contribution in [0.5, 0.6) is 0 Å². The van der Waals surface area contributed by atoms with E-state index in [-0.39, 0.29) is 11.9 Å². The van der Waals surface area contributed by atoms with E-state index in [4.69, 9.17) is 9.47 Å². The summed E-state index contributed by atoms with van der Waals surface area (Å²) in [5.74, 6) is -0.0565. The monoisotopic (exact) mass is 323 g/mol. The van der Waals surface area contributed by atoms with E-state index in [0.29, 0.717) is 18.2 Å². The molecule has 2 heterocycles. The van der Waals surface area contributed by atoms with Crippen LogP contribution >= 0.6 is 0 Å². The highest BCUT2D eigenvalue weighted by Gasteiger charge is 2.23. The highest BCUT2D eigenvalue weighted by molar-refractivity contribution is 5.95. The lowest BCUT2D eigenvalue weighted by atomic mass is 10.1. The van der Waals surface area contributed by atoms with Crippen molar-refractivity contribution in [3.63, 3.8) is 0 Å². The Labute approximate surface area is 138 Å². The van der Waals surface area contributed by atoms with Crippen molar-refractivity contribution in [1.82, 2.24) is 15.1 Å². The van der Waals surface area contributed by atoms with Gasteiger partial charge in [0.15, 0.2) is 0 Å². The average molecular weight is 323 g/mol. The minimum atomic E-state index is -0.0565. The van der Waals surface area contributed by atoms with Gasteiger partial charge in [0, 0.05) is 26.0 Å². The molecule has 0 radical (unpaired) electrons. The number of nitrogens with zero attached hydrogens (tertiary/aromatic N) is 2. The number of methoxy groups -OCH3 is 1. The molecule has 0 saturated carbocycles. The average Bonchev–Trinajstić information content (AvgIpc) is 2.95. The van der Waals surface area contributed by atoms with Gasteiger partial charge in [-0.1, -0.05) is 19.8 Å². The fourth-order valence-electron chi connectivity index (χ4n) is 3.06. The molecule has 1 aliphatic rings. The third-order valence-electron chi connectivity index (χ3n) is 4.44. The summed E-state index contributed by atoms with van der Waals surface area (Å²) in [4.78, 5) is 12.6. The zero-order valence-corrected chi connectivity index (χ0v) is 14.5. The van der Waals surface area contributed by atoms with E-state index in [2.05, 4.69) is 17.3 Å². The fraction of sp³-hybridized carbons (Fsp3) is 0.765. The highest BCUT2D eigenvalue weighted by Crippen LogP contribution is 2.23. The zero-order valence-electron chi connectivity index (χ0n) is 14.5. The number of nitrogens with one attached hydrogen (secondary N) is 1. The molecule has 6 heteroatoms. The lowest BCUT2D eigenvalue weighted by Gasteiger charge is -2.23. The zero-order chi connectivity index (χ0) is 16.7. The van der Waals surface area contributed by atoms with Crippen LogP contribution in [0.2, 0.25) is 0 Å². The lowest BCUT2D eigenvalue weighted by molar-refractivity contribution is 0.0656. The van der Waals surface area contributed by atoms with E-state index < -0.39 is 0 Å². The van der Waals surface area contributed by atoms with Crippen molar-refractivity contribution < 1.29 is 14.3 Å². The number of unbranched alkanes of at least 4 members (excludes halogenated alkanes) is 1. The molecule has 1 aromatic rings. The van der Waals surface area contributed by atoms with Gasteiger partial charge in [0.2, 0.25) is 0 Å². The van der Waals surface area contributed by atoms with E-state index >= 15 is 0 Å². The van der Waals surface area contributed by atoms with Crippen molar-refractivity contribution in [3.05, 3.63) is 17.5 Å². The summed E-state index contributed by atoms with van der Waals surface area (Å²) in [6, 6.07) is 0.387. The Morgan fingerprint density at radius 3 is 2.91 bits per heavy atom. The molecule has 1 atom stereocenters. The number of amides is 1. The second kappa shape index (κ2) is 9.03. The first kappa shape index (κ1) is 17.9. The number of aromatic nitrogens is 2. The fourth-order valence-corrected chi connectivity index (χ4v) is 3.06. The summed E-state index contributed by atoms with van der Waals surface area (Å²) in [5, 5.41) is 7.53. The van der Waals surface area contributed by atoms with Crippen LogP contribution in [-0.4, -0.2) is 48.7 Å². The standard InChI is InChI=1S/C17H29N3O3/c1-4-5-6-14(12-22-3)19-17(21)16-11-18-20(13(16)2)15-7-9-23-10-8-15/h11,14-15H,4-10,12H2,1-3H3,(H,19,21). The van der Waals surface area contributed by atoms with E-state index in [1.165, 1.54) is 0 Å². The summed E-state index contributed by atoms with van der Waals surface area (Å²) in [6.45, 7) is 6.18. The molecular weight excluding hydrogens is 294 g/mol. The number of rotatable bonds is 8. The van der Waals surface area contributed by atoms with E-state index in [1.54, 1.807) is 13.3 Å². The summed E-state index contributed by atoms with van der Waals surface area (Å²) in [5.41, 5.74) is 1.59. The molecule has 0 bridgehead atoms. The molecule has 0 aliphatic carbocycles. The molecular formula is C17H29N3O3. The molecule has 1 aromatic heterocycles. The molecule has 1 unspecified atom stereocenters. The number of carbonyl (C=O) groups excluding carboxylic acids is 1. The van der Waals surface area contributed by atoms with Crippen LogP contribution in [0.4, 0.5) is 0 Å². The first-order valence-electron chi connectivity index (χ1n) is 8.59. The third-order valence-corrected chi connectivity index (χ3v) is 4.44. The van der Waals surface area contributed by atoms with Crippen molar-refractivity contribution >= 4 is 5.91 Å². The van der Waals surface area contributed by atoms with Crippen molar-refractivity contribution in [1.29, 1.82) is 0 Å². The van der Waals surface area contributed by atoms with E-state index in [1.807, 2.05) is 11.6 Å². The van der Waals surface area contributed by atoms with Gasteiger partial charge in [0.1, 0.15) is 0 Å². The Bertz CT molecular complexity index is 495. The Morgan fingerprint density at radius 2 is 2.26 bits per heavy atom. The van der Waals surface area contributed by atoms with Crippen LogP contribution in [0.25, 0.3) is 0 Å². The number of carbonyl (C=O) groups is 1.